The molecule has 4 unspecified atom stereocenters. The molecule has 0 radical (unpaired) electrons. The molecule has 0 saturated carbocycles. The van der Waals surface area contributed by atoms with Crippen LogP contribution in [0.5, 0.6) is 11.5 Å². The van der Waals surface area contributed by atoms with Crippen LogP contribution in [0.4, 0.5) is 22.7 Å². The van der Waals surface area contributed by atoms with E-state index in [2.05, 4.69) is 22.3 Å². The lowest BCUT2D eigenvalue weighted by Gasteiger charge is -2.26. The quantitative estimate of drug-likeness (QED) is 0.0281. The second-order valence-electron chi connectivity index (χ2n) is 23.5. The fraction of sp³-hybridized carbons (Fsp3) is 0.471. The van der Waals surface area contributed by atoms with Crippen molar-refractivity contribution in [1.29, 1.82) is 0 Å². The Kier molecular flexibility index (Phi) is 26.7. The Morgan fingerprint density at radius 1 is 0.667 bits per heavy atom. The summed E-state index contributed by atoms with van der Waals surface area (Å²) in [6, 6.07) is 30.2. The number of hydrogen-bond donors (Lipinski definition) is 3. The van der Waals surface area contributed by atoms with Gasteiger partial charge in [0.1, 0.15) is 23.3 Å². The van der Waals surface area contributed by atoms with Crippen LogP contribution in [0.15, 0.2) is 114 Å². The molecule has 0 aliphatic carbocycles. The van der Waals surface area contributed by atoms with Gasteiger partial charge < -0.3 is 34.6 Å². The van der Waals surface area contributed by atoms with Crippen LogP contribution < -0.4 is 29.7 Å². The molecule has 2 aliphatic heterocycles. The summed E-state index contributed by atoms with van der Waals surface area (Å²) >= 11 is 12.4. The molecule has 470 valence electrons. The van der Waals surface area contributed by atoms with E-state index in [1.165, 1.54) is 120 Å². The van der Waals surface area contributed by atoms with E-state index < -0.39 is 69.0 Å². The van der Waals surface area contributed by atoms with Crippen LogP contribution in [0, 0.1) is 31.1 Å². The minimum absolute atomic E-state index is 0.0438. The second kappa shape index (κ2) is 33.5. The molecule has 4 atom stereocenters. The SMILES string of the molecule is CCCCCCCCCCCCCCCCCCOc1ccc(S(=O)(=O)Nc2ccccc2Cl)cc1NC(=O)C(C(=O)N1CCc2ccccc21)C1C(=O)C(OC)N(C)C1=O.Cc1ccc(OC(C(=O)Nc2cc(C)ccc2Cl)C(=O)C(C)(C)C)cc1. The zero-order valence-corrected chi connectivity index (χ0v) is 54.0. The lowest BCUT2D eigenvalue weighted by atomic mass is 9.87. The predicted octanol–water partition coefficient (Wildman–Crippen LogP) is 14.5. The Bertz CT molecular complexity index is 3260. The summed E-state index contributed by atoms with van der Waals surface area (Å²) in [6.07, 6.45) is 17.6. The first-order valence-electron chi connectivity index (χ1n) is 30.5. The number of ether oxygens (including phenoxy) is 3. The van der Waals surface area contributed by atoms with E-state index in [4.69, 9.17) is 37.4 Å². The van der Waals surface area contributed by atoms with Gasteiger partial charge in [-0.2, -0.15) is 0 Å². The fourth-order valence-corrected chi connectivity index (χ4v) is 12.0. The number of ketones is 2. The summed E-state index contributed by atoms with van der Waals surface area (Å²) in [5.41, 5.74) is 3.32. The van der Waals surface area contributed by atoms with Crippen LogP contribution in [-0.2, 0) is 49.9 Å². The highest BCUT2D eigenvalue weighted by Gasteiger charge is 2.55. The molecule has 16 nitrogen and oxygen atoms in total. The number of methoxy groups -OCH3 is 1. The van der Waals surface area contributed by atoms with Crippen molar-refractivity contribution in [2.75, 3.05) is 47.6 Å². The Morgan fingerprint density at radius 3 is 1.83 bits per heavy atom. The third-order valence-electron chi connectivity index (χ3n) is 15.5. The first-order chi connectivity index (χ1) is 41.6. The van der Waals surface area contributed by atoms with Crippen molar-refractivity contribution in [3.63, 3.8) is 0 Å². The fourth-order valence-electron chi connectivity index (χ4n) is 10.5. The van der Waals surface area contributed by atoms with E-state index >= 15 is 0 Å². The van der Waals surface area contributed by atoms with E-state index in [0.29, 0.717) is 28.6 Å². The minimum atomic E-state index is -4.25. The number of unbranched alkanes of at least 4 members (excludes halogenated alkanes) is 15. The number of anilines is 4. The van der Waals surface area contributed by atoms with Crippen molar-refractivity contribution in [3.05, 3.63) is 136 Å². The van der Waals surface area contributed by atoms with Gasteiger partial charge in [0.25, 0.3) is 15.9 Å². The molecule has 1 fully saturated rings. The van der Waals surface area contributed by atoms with Gasteiger partial charge in [0.15, 0.2) is 17.8 Å². The maximum absolute atomic E-state index is 14.5. The molecule has 2 aliphatic rings. The van der Waals surface area contributed by atoms with E-state index in [-0.39, 0.29) is 46.0 Å². The van der Waals surface area contributed by atoms with Gasteiger partial charge in [-0.1, -0.05) is 201 Å². The monoisotopic (exact) mass is 1250 g/mol. The minimum Gasteiger partial charge on any atom is -0.491 e. The number of nitrogens with one attached hydrogen (secondary N) is 3. The molecule has 2 heterocycles. The van der Waals surface area contributed by atoms with Crippen LogP contribution in [-0.4, -0.2) is 88.2 Å². The molecule has 5 aromatic carbocycles. The van der Waals surface area contributed by atoms with Crippen LogP contribution in [0.1, 0.15) is 147 Å². The number of aryl methyl sites for hydroxylation is 2. The molecule has 19 heteroatoms. The summed E-state index contributed by atoms with van der Waals surface area (Å²) in [5, 5.41) is 6.02. The summed E-state index contributed by atoms with van der Waals surface area (Å²) in [7, 11) is -1.60. The average Bonchev–Trinajstić information content (AvgIpc) is 1.76. The second-order valence-corrected chi connectivity index (χ2v) is 26.0. The molecule has 0 bridgehead atoms. The van der Waals surface area contributed by atoms with E-state index in [1.54, 1.807) is 75.4 Å². The summed E-state index contributed by atoms with van der Waals surface area (Å²) in [4.78, 5) is 84.2. The van der Waals surface area contributed by atoms with Gasteiger partial charge in [0.05, 0.1) is 38.6 Å². The molecular weight excluding hydrogens is 1170 g/mol. The molecule has 5 aromatic rings. The number of rotatable bonds is 31. The topological polar surface area (TPSA) is 207 Å². The number of Topliss-reactive ketones (excluding diaryl/α,β-unsaturated/α-hetero) is 2. The van der Waals surface area contributed by atoms with Crippen molar-refractivity contribution < 1.29 is 51.4 Å². The van der Waals surface area contributed by atoms with Gasteiger partial charge in [-0.25, -0.2) is 8.42 Å². The average molecular weight is 1250 g/mol. The van der Waals surface area contributed by atoms with Gasteiger partial charge in [-0.15, -0.1) is 0 Å². The predicted molar refractivity (Wildman–Crippen MR) is 345 cm³/mol. The Hall–Kier alpha value is -6.79. The first kappa shape index (κ1) is 69.3. The summed E-state index contributed by atoms with van der Waals surface area (Å²) in [6.45, 7) is 11.9. The molecule has 1 saturated heterocycles. The number of para-hydroxylation sites is 2. The van der Waals surface area contributed by atoms with E-state index in [9.17, 15) is 37.2 Å². The number of amides is 4. The third-order valence-corrected chi connectivity index (χ3v) is 17.6. The highest BCUT2D eigenvalue weighted by atomic mass is 35.5. The van der Waals surface area contributed by atoms with Crippen molar-refractivity contribution in [3.8, 4) is 11.5 Å². The summed E-state index contributed by atoms with van der Waals surface area (Å²) < 4.78 is 47.0. The van der Waals surface area contributed by atoms with E-state index in [0.717, 1.165) is 47.3 Å². The number of likely N-dealkylation sites (N-methyl/N-ethyl adjacent to an activating group) is 1. The Labute approximate surface area is 524 Å². The molecule has 87 heavy (non-hydrogen) atoms. The lowest BCUT2D eigenvalue weighted by Crippen LogP contribution is -2.48. The standard InChI is InChI=1S/C47H63ClN4O8S.C21H24ClNO3/c1-4-5-6-7-8-9-10-11-12-13-14-15-16-17-18-23-32-60-40-29-28-35(61(57,58)50-37-26-21-20-25-36(37)48)33-38(40)49-44(54)42(41-43(53)47(59-3)51(2)45(41)55)46(56)52-31-30-34-24-19-22-27-39(34)52;1-13-6-9-15(10-7-13)26-18(19(24)21(3,4)5)20(25)23-17-12-14(2)8-11-16(17)22/h19-22,24-29,33,41-42,47,50H,4-18,23,30-32H2,1-3H3,(H,49,54);6-12,18H,1-5H3,(H,23,25). The smallest absolute Gasteiger partial charge is 0.273 e. The summed E-state index contributed by atoms with van der Waals surface area (Å²) in [5.74, 6) is -6.87. The number of nitrogens with zero attached hydrogens (tertiary/aromatic N) is 2. The lowest BCUT2D eigenvalue weighted by molar-refractivity contribution is -0.143. The van der Waals surface area contributed by atoms with Crippen LogP contribution in [0.2, 0.25) is 10.0 Å². The number of hydrogen-bond acceptors (Lipinski definition) is 11. The number of halogens is 2. The number of likely N-dealkylation sites (tertiary alicyclic amines) is 1. The molecule has 7 rings (SSSR count). The molecule has 3 N–H and O–H groups in total. The maximum atomic E-state index is 14.5. The van der Waals surface area contributed by atoms with Gasteiger partial charge in [-0.3, -0.25) is 33.5 Å². The molecule has 4 amide bonds. The number of sulfonamides is 1. The Balaban J connectivity index is 0.000000387. The number of fused-ring (bicyclic) bond motifs is 1. The number of benzene rings is 5. The zero-order chi connectivity index (χ0) is 63.3. The van der Waals surface area contributed by atoms with Crippen LogP contribution in [0.25, 0.3) is 0 Å². The third kappa shape index (κ3) is 19.9. The van der Waals surface area contributed by atoms with Crippen LogP contribution in [0.3, 0.4) is 0 Å². The van der Waals surface area contributed by atoms with Crippen molar-refractivity contribution in [2.45, 2.75) is 168 Å². The van der Waals surface area contributed by atoms with Crippen molar-refractivity contribution >= 4 is 91.2 Å². The van der Waals surface area contributed by atoms with Crippen molar-refractivity contribution in [1.82, 2.24) is 4.90 Å². The van der Waals surface area contributed by atoms with Gasteiger partial charge in [0.2, 0.25) is 23.8 Å². The molecule has 0 aromatic heterocycles. The largest absolute Gasteiger partial charge is 0.491 e. The van der Waals surface area contributed by atoms with Gasteiger partial charge in [0, 0.05) is 31.8 Å². The van der Waals surface area contributed by atoms with Gasteiger partial charge in [-0.05, 0) is 98.5 Å². The number of carbonyl (C=O) groups is 6. The normalized spacial score (nSPS) is 15.5. The first-order valence-corrected chi connectivity index (χ1v) is 32.7. The van der Waals surface area contributed by atoms with Crippen molar-refractivity contribution in [2.24, 2.45) is 17.3 Å². The number of carbonyl (C=O) groups excluding carboxylic acids is 6. The highest BCUT2D eigenvalue weighted by molar-refractivity contribution is 7.92. The molecular formula is C68H87Cl2N5O11S. The highest BCUT2D eigenvalue weighted by Crippen LogP contribution is 2.37. The Morgan fingerprint density at radius 2 is 1.23 bits per heavy atom. The van der Waals surface area contributed by atoms with E-state index in [1.807, 2.05) is 44.2 Å². The van der Waals surface area contributed by atoms with Crippen LogP contribution >= 0.6 is 23.2 Å². The zero-order valence-electron chi connectivity index (χ0n) is 51.7. The van der Waals surface area contributed by atoms with Gasteiger partial charge >= 0.3 is 0 Å². The molecule has 0 spiro atoms. The maximum Gasteiger partial charge on any atom is 0.273 e.